The third-order valence-corrected chi connectivity index (χ3v) is 2.63. The molecule has 0 fully saturated rings. The zero-order chi connectivity index (χ0) is 13.0. The molecule has 0 aliphatic carbocycles. The zero-order valence-electron chi connectivity index (χ0n) is 10.4. The molecule has 0 atom stereocenters. The summed E-state index contributed by atoms with van der Waals surface area (Å²) in [6.45, 7) is 6.65. The van der Waals surface area contributed by atoms with Gasteiger partial charge in [-0.3, -0.25) is 0 Å². The number of benzene rings is 2. The first-order valence-corrected chi connectivity index (χ1v) is 5.89. The summed E-state index contributed by atoms with van der Waals surface area (Å²) in [6, 6.07) is 16.5. The lowest BCUT2D eigenvalue weighted by atomic mass is 10.2. The van der Waals surface area contributed by atoms with Gasteiger partial charge in [0.15, 0.2) is 0 Å². The lowest BCUT2D eigenvalue weighted by Gasteiger charge is -2.25. The quantitative estimate of drug-likeness (QED) is 0.710. The van der Waals surface area contributed by atoms with Crippen molar-refractivity contribution in [1.82, 2.24) is 0 Å². The predicted octanol–water partition coefficient (Wildman–Crippen LogP) is 4.54. The first-order chi connectivity index (χ1) is 8.66. The van der Waals surface area contributed by atoms with Crippen molar-refractivity contribution in [2.75, 3.05) is 11.4 Å². The predicted molar refractivity (Wildman–Crippen MR) is 74.7 cm³/mol. The zero-order valence-corrected chi connectivity index (χ0v) is 10.4. The second-order valence-corrected chi connectivity index (χ2v) is 4.36. The summed E-state index contributed by atoms with van der Waals surface area (Å²) >= 11 is 0. The summed E-state index contributed by atoms with van der Waals surface area (Å²) in [5.41, 5.74) is 3.10. The maximum atomic E-state index is 13.0. The molecule has 0 bridgehead atoms. The van der Waals surface area contributed by atoms with Crippen LogP contribution >= 0.6 is 0 Å². The molecular weight excluding hydrogens is 225 g/mol. The molecule has 0 N–H and O–H groups in total. The summed E-state index contributed by atoms with van der Waals surface area (Å²) in [4.78, 5) is 2.11. The molecule has 2 heteroatoms. The maximum Gasteiger partial charge on any atom is 0.123 e. The van der Waals surface area contributed by atoms with Gasteiger partial charge in [-0.15, -0.1) is 0 Å². The summed E-state index contributed by atoms with van der Waals surface area (Å²) in [5.74, 6) is -0.220. The number of hydrogen-bond acceptors (Lipinski definition) is 1. The van der Waals surface area contributed by atoms with Crippen molar-refractivity contribution in [1.29, 1.82) is 0 Å². The minimum atomic E-state index is -0.220. The third kappa shape index (κ3) is 2.98. The van der Waals surface area contributed by atoms with Crippen LogP contribution in [0.3, 0.4) is 0 Å². The van der Waals surface area contributed by atoms with Crippen molar-refractivity contribution >= 4 is 11.4 Å². The second-order valence-electron chi connectivity index (χ2n) is 4.36. The van der Waals surface area contributed by atoms with Crippen LogP contribution in [-0.4, -0.2) is 6.54 Å². The van der Waals surface area contributed by atoms with Crippen molar-refractivity contribution < 1.29 is 4.39 Å². The van der Waals surface area contributed by atoms with Crippen LogP contribution in [0, 0.1) is 5.82 Å². The van der Waals surface area contributed by atoms with Crippen molar-refractivity contribution in [3.63, 3.8) is 0 Å². The molecule has 1 nitrogen and oxygen atoms in total. The van der Waals surface area contributed by atoms with E-state index in [0.717, 1.165) is 23.5 Å². The molecule has 0 aliphatic heterocycles. The Bertz CT molecular complexity index is 517. The van der Waals surface area contributed by atoms with Crippen LogP contribution in [0.5, 0.6) is 0 Å². The van der Waals surface area contributed by atoms with Gasteiger partial charge in [-0.05, 0) is 43.3 Å². The van der Waals surface area contributed by atoms with Gasteiger partial charge in [0, 0.05) is 17.9 Å². The van der Waals surface area contributed by atoms with Gasteiger partial charge < -0.3 is 4.90 Å². The van der Waals surface area contributed by atoms with Gasteiger partial charge in [-0.25, -0.2) is 4.39 Å². The number of nitrogens with zero attached hydrogens (tertiary/aromatic N) is 1. The lowest BCUT2D eigenvalue weighted by Crippen LogP contribution is -2.18. The average molecular weight is 241 g/mol. The first-order valence-electron chi connectivity index (χ1n) is 5.89. The normalized spacial score (nSPS) is 10.1. The number of anilines is 2. The van der Waals surface area contributed by atoms with Crippen LogP contribution in [0.2, 0.25) is 0 Å². The molecule has 2 aromatic carbocycles. The monoisotopic (exact) mass is 241 g/mol. The number of halogens is 1. The highest BCUT2D eigenvalue weighted by Crippen LogP contribution is 2.25. The van der Waals surface area contributed by atoms with E-state index in [1.165, 1.54) is 12.1 Å². The van der Waals surface area contributed by atoms with Crippen LogP contribution in [0.1, 0.15) is 6.92 Å². The molecule has 0 heterocycles. The van der Waals surface area contributed by atoms with E-state index in [1.807, 2.05) is 37.3 Å². The van der Waals surface area contributed by atoms with E-state index in [1.54, 1.807) is 12.1 Å². The van der Waals surface area contributed by atoms with Crippen LogP contribution in [-0.2, 0) is 0 Å². The summed E-state index contributed by atoms with van der Waals surface area (Å²) < 4.78 is 13.0. The van der Waals surface area contributed by atoms with E-state index < -0.39 is 0 Å². The smallest absolute Gasteiger partial charge is 0.123 e. The summed E-state index contributed by atoms with van der Waals surface area (Å²) in [6.07, 6.45) is 0. The van der Waals surface area contributed by atoms with E-state index in [4.69, 9.17) is 0 Å². The number of para-hydroxylation sites is 1. The van der Waals surface area contributed by atoms with Gasteiger partial charge in [0.05, 0.1) is 0 Å². The Morgan fingerprint density at radius 2 is 1.56 bits per heavy atom. The number of rotatable bonds is 4. The van der Waals surface area contributed by atoms with E-state index in [2.05, 4.69) is 11.5 Å². The molecule has 0 aliphatic rings. The first kappa shape index (κ1) is 12.4. The third-order valence-electron chi connectivity index (χ3n) is 2.63. The van der Waals surface area contributed by atoms with Gasteiger partial charge in [0.1, 0.15) is 5.82 Å². The molecule has 92 valence electrons. The Hall–Kier alpha value is -2.09. The van der Waals surface area contributed by atoms with Gasteiger partial charge in [0.2, 0.25) is 0 Å². The molecule has 0 amide bonds. The lowest BCUT2D eigenvalue weighted by molar-refractivity contribution is 0.628. The molecule has 2 aromatic rings. The van der Waals surface area contributed by atoms with E-state index in [0.29, 0.717) is 0 Å². The molecule has 0 saturated carbocycles. The molecule has 0 radical (unpaired) electrons. The van der Waals surface area contributed by atoms with Crippen molar-refractivity contribution in [2.45, 2.75) is 6.92 Å². The Morgan fingerprint density at radius 3 is 2.11 bits per heavy atom. The van der Waals surface area contributed by atoms with Gasteiger partial charge in [0.25, 0.3) is 0 Å². The van der Waals surface area contributed by atoms with Gasteiger partial charge in [-0.1, -0.05) is 30.4 Å². The molecule has 0 saturated heterocycles. The van der Waals surface area contributed by atoms with Crippen LogP contribution in [0.15, 0.2) is 66.7 Å². The molecule has 0 aromatic heterocycles. The molecule has 18 heavy (non-hydrogen) atoms. The van der Waals surface area contributed by atoms with E-state index >= 15 is 0 Å². The molecule has 0 spiro atoms. The van der Waals surface area contributed by atoms with Crippen LogP contribution < -0.4 is 4.90 Å². The fourth-order valence-corrected chi connectivity index (χ4v) is 1.83. The minimum absolute atomic E-state index is 0.220. The second kappa shape index (κ2) is 5.50. The van der Waals surface area contributed by atoms with E-state index in [-0.39, 0.29) is 5.82 Å². The van der Waals surface area contributed by atoms with Gasteiger partial charge >= 0.3 is 0 Å². The van der Waals surface area contributed by atoms with E-state index in [9.17, 15) is 4.39 Å². The minimum Gasteiger partial charge on any atom is -0.337 e. The van der Waals surface area contributed by atoms with Crippen LogP contribution in [0.25, 0.3) is 0 Å². The molecule has 2 rings (SSSR count). The standard InChI is InChI=1S/C16H16FN/c1-13(2)12-18(15-6-4-3-5-7-15)16-10-8-14(17)9-11-16/h3-11H,1,12H2,2H3. The maximum absolute atomic E-state index is 13.0. The van der Waals surface area contributed by atoms with Crippen LogP contribution in [0.4, 0.5) is 15.8 Å². The topological polar surface area (TPSA) is 3.24 Å². The highest BCUT2D eigenvalue weighted by molar-refractivity contribution is 5.63. The fraction of sp³-hybridized carbons (Fsp3) is 0.125. The van der Waals surface area contributed by atoms with Crippen molar-refractivity contribution in [3.8, 4) is 0 Å². The Kier molecular flexibility index (Phi) is 3.78. The largest absolute Gasteiger partial charge is 0.337 e. The molecular formula is C16H16FN. The molecule has 0 unspecified atom stereocenters. The van der Waals surface area contributed by atoms with Crippen molar-refractivity contribution in [2.24, 2.45) is 0 Å². The Morgan fingerprint density at radius 1 is 1.00 bits per heavy atom. The summed E-state index contributed by atoms with van der Waals surface area (Å²) in [7, 11) is 0. The Balaban J connectivity index is 2.36. The highest BCUT2D eigenvalue weighted by Gasteiger charge is 2.08. The SMILES string of the molecule is C=C(C)CN(c1ccccc1)c1ccc(F)cc1. The van der Waals surface area contributed by atoms with Crippen molar-refractivity contribution in [3.05, 3.63) is 72.6 Å². The summed E-state index contributed by atoms with van der Waals surface area (Å²) in [5, 5.41) is 0. The van der Waals surface area contributed by atoms with Gasteiger partial charge in [-0.2, -0.15) is 0 Å². The average Bonchev–Trinajstić information content (AvgIpc) is 2.38. The highest BCUT2D eigenvalue weighted by atomic mass is 19.1. The Labute approximate surface area is 107 Å². The fourth-order valence-electron chi connectivity index (χ4n) is 1.83. The number of hydrogen-bond donors (Lipinski definition) is 0.